The zero-order valence-electron chi connectivity index (χ0n) is 48.8. The molecule has 0 atom stereocenters. The van der Waals surface area contributed by atoms with Gasteiger partial charge in [-0.2, -0.15) is 0 Å². The molecule has 8 rings (SSSR count). The zero-order chi connectivity index (χ0) is 57.7. The van der Waals surface area contributed by atoms with Crippen LogP contribution < -0.4 is 38.2 Å². The topological polar surface area (TPSA) is 174 Å². The Balaban J connectivity index is 0.000000255. The molecule has 0 unspecified atom stereocenters. The van der Waals surface area contributed by atoms with Crippen molar-refractivity contribution in [3.8, 4) is 34.5 Å². The molecule has 0 aliphatic carbocycles. The van der Waals surface area contributed by atoms with E-state index in [4.69, 9.17) is 39.2 Å². The van der Waals surface area contributed by atoms with E-state index in [1.165, 1.54) is 0 Å². The fourth-order valence-electron chi connectivity index (χ4n) is 10.8. The molecule has 3 N–H and O–H groups in total. The number of likely N-dealkylation sites (N-methyl/N-ethyl adjacent to an activating group) is 1. The van der Waals surface area contributed by atoms with Crippen molar-refractivity contribution in [2.24, 2.45) is 0 Å². The molecule has 4 aliphatic heterocycles. The number of halogens is 2. The van der Waals surface area contributed by atoms with Crippen molar-refractivity contribution in [3.05, 3.63) is 92.5 Å². The first-order valence-corrected chi connectivity index (χ1v) is 27.8. The molecule has 0 bridgehead atoms. The van der Waals surface area contributed by atoms with Gasteiger partial charge in [-0.25, -0.2) is 8.78 Å². The van der Waals surface area contributed by atoms with Crippen molar-refractivity contribution in [1.82, 2.24) is 14.7 Å². The third-order valence-corrected chi connectivity index (χ3v) is 15.0. The first-order valence-electron chi connectivity index (χ1n) is 27.8. The second-order valence-electron chi connectivity index (χ2n) is 22.4. The van der Waals surface area contributed by atoms with Crippen molar-refractivity contribution >= 4 is 34.6 Å². The Hall–Kier alpha value is -6.66. The van der Waals surface area contributed by atoms with Gasteiger partial charge in [-0.3, -0.25) is 20.4 Å². The molecule has 2 saturated heterocycles. The van der Waals surface area contributed by atoms with Crippen molar-refractivity contribution in [2.75, 3.05) is 109 Å². The number of hydrogen-bond acceptors (Lipinski definition) is 14. The SMILES string of the molecule is C.CCOc1cc2c(c(F)c1OCC)C(=N)N(CC(=O)c1cc(N3CCC(O)CC3)c(OC)c(C(C)(C)C)c1)C2.CCOc1cc2c(c(F)c1OCC)C(=N)N(CC(=O)c1cc(N3CCN(CC)CC3)c(OC)c(C(C)(C)C)c1)C2. The van der Waals surface area contributed by atoms with Crippen molar-refractivity contribution in [3.63, 3.8) is 0 Å². The van der Waals surface area contributed by atoms with Gasteiger partial charge in [0.15, 0.2) is 46.2 Å². The number of aliphatic hydroxyl groups is 1. The molecule has 16 nitrogen and oxygen atoms in total. The second kappa shape index (κ2) is 26.3. The molecule has 18 heteroatoms. The standard InChI is InChI=1S/C31H43FN4O4.C30H40FN3O5.CH4/c1-8-34-11-13-35(14-12-34)23-16-20(15-22(28(23)38-7)31(4,5)6)24(37)19-36-18-21-17-25(39-9-2)29(40-10-3)27(32)26(21)30(36)33;1-7-38-24-15-19-16-34(29(32)25(19)26(31)28(24)39-8-2)17-23(36)18-13-21(30(3,4)5)27(37-6)22(14-18)33-11-9-20(35)10-12-33;/h15-17,33H,8-14,18-19H2,1-7H3;13-15,20,32,35H,7-12,16-17H2,1-6H3;1H4. The van der Waals surface area contributed by atoms with E-state index in [-0.39, 0.29) is 110 Å². The molecular weight excluding hydrogens is 1020 g/mol. The lowest BCUT2D eigenvalue weighted by Gasteiger charge is -2.37. The summed E-state index contributed by atoms with van der Waals surface area (Å²) in [6, 6.07) is 11.0. The van der Waals surface area contributed by atoms with Gasteiger partial charge in [0.1, 0.15) is 23.2 Å². The lowest BCUT2D eigenvalue weighted by molar-refractivity contribution is 0.0954. The molecule has 0 aromatic heterocycles. The van der Waals surface area contributed by atoms with Gasteiger partial charge in [-0.05, 0) is 105 Å². The van der Waals surface area contributed by atoms with Crippen LogP contribution in [-0.4, -0.2) is 149 Å². The Bertz CT molecular complexity index is 2900. The van der Waals surface area contributed by atoms with E-state index in [2.05, 4.69) is 63.2 Å². The summed E-state index contributed by atoms with van der Waals surface area (Å²) in [6.07, 6.45) is 0.969. The van der Waals surface area contributed by atoms with Crippen LogP contribution in [0.15, 0.2) is 36.4 Å². The number of anilines is 2. The van der Waals surface area contributed by atoms with Crippen LogP contribution in [0.4, 0.5) is 20.2 Å². The van der Waals surface area contributed by atoms with Crippen LogP contribution in [0.3, 0.4) is 0 Å². The minimum Gasteiger partial charge on any atom is -0.494 e. The number of ether oxygens (including phenoxy) is 6. The Morgan fingerprint density at radius 1 is 0.575 bits per heavy atom. The summed E-state index contributed by atoms with van der Waals surface area (Å²) in [5, 5.41) is 27.5. The largest absolute Gasteiger partial charge is 0.494 e. The fourth-order valence-corrected chi connectivity index (χ4v) is 10.8. The van der Waals surface area contributed by atoms with E-state index < -0.39 is 11.6 Å². The number of aliphatic hydroxyl groups excluding tert-OH is 1. The number of piperidine rings is 1. The predicted octanol–water partition coefficient (Wildman–Crippen LogP) is 10.6. The summed E-state index contributed by atoms with van der Waals surface area (Å²) in [5.74, 6) is 0.537. The number of nitrogens with zero attached hydrogens (tertiary/aromatic N) is 5. The molecule has 80 heavy (non-hydrogen) atoms. The van der Waals surface area contributed by atoms with Crippen LogP contribution in [0.2, 0.25) is 0 Å². The third kappa shape index (κ3) is 13.2. The third-order valence-electron chi connectivity index (χ3n) is 15.0. The molecule has 4 aliphatic rings. The summed E-state index contributed by atoms with van der Waals surface area (Å²) in [4.78, 5) is 37.5. The van der Waals surface area contributed by atoms with Crippen molar-refractivity contribution < 1.29 is 51.9 Å². The number of fused-ring (bicyclic) bond motifs is 2. The van der Waals surface area contributed by atoms with E-state index in [0.29, 0.717) is 72.9 Å². The van der Waals surface area contributed by atoms with Gasteiger partial charge >= 0.3 is 0 Å². The van der Waals surface area contributed by atoms with Gasteiger partial charge in [-0.1, -0.05) is 55.9 Å². The number of rotatable bonds is 19. The maximum absolute atomic E-state index is 15.5. The fraction of sp³-hybridized carbons (Fsp3) is 0.548. The molecular formula is C62H87F2N7O9. The number of methoxy groups -OCH3 is 2. The maximum Gasteiger partial charge on any atom is 0.197 e. The van der Waals surface area contributed by atoms with E-state index >= 15 is 8.78 Å². The molecule has 0 radical (unpaired) electrons. The molecule has 0 amide bonds. The van der Waals surface area contributed by atoms with Crippen LogP contribution >= 0.6 is 0 Å². The first-order chi connectivity index (χ1) is 37.5. The summed E-state index contributed by atoms with van der Waals surface area (Å²) in [5.41, 5.74) is 5.65. The number of nitrogens with one attached hydrogen (secondary N) is 2. The quantitative estimate of drug-likeness (QED) is 0.0757. The van der Waals surface area contributed by atoms with Gasteiger partial charge in [0.25, 0.3) is 0 Å². The minimum atomic E-state index is -0.633. The molecule has 4 heterocycles. The Morgan fingerprint density at radius 2 is 0.950 bits per heavy atom. The number of benzene rings is 4. The van der Waals surface area contributed by atoms with Gasteiger partial charge in [0.2, 0.25) is 0 Å². The van der Waals surface area contributed by atoms with Crippen LogP contribution in [0, 0.1) is 22.5 Å². The molecule has 0 saturated carbocycles. The van der Waals surface area contributed by atoms with Crippen LogP contribution in [0.1, 0.15) is 151 Å². The Kier molecular flexibility index (Phi) is 20.6. The van der Waals surface area contributed by atoms with Crippen molar-refractivity contribution in [2.45, 2.75) is 126 Å². The average Bonchev–Trinajstić information content (AvgIpc) is 3.90. The Morgan fingerprint density at radius 3 is 1.29 bits per heavy atom. The summed E-state index contributed by atoms with van der Waals surface area (Å²) >= 11 is 0. The van der Waals surface area contributed by atoms with Crippen LogP contribution in [0.5, 0.6) is 34.5 Å². The minimum absolute atomic E-state index is 0. The molecule has 4 aromatic rings. The number of ketones is 2. The maximum atomic E-state index is 15.5. The molecule has 4 aromatic carbocycles. The normalized spacial score (nSPS) is 15.7. The highest BCUT2D eigenvalue weighted by atomic mass is 19.1. The predicted molar refractivity (Wildman–Crippen MR) is 313 cm³/mol. The highest BCUT2D eigenvalue weighted by Gasteiger charge is 2.37. The smallest absolute Gasteiger partial charge is 0.197 e. The molecule has 0 spiro atoms. The summed E-state index contributed by atoms with van der Waals surface area (Å²) in [7, 11) is 3.32. The second-order valence-corrected chi connectivity index (χ2v) is 22.4. The highest BCUT2D eigenvalue weighted by Crippen LogP contribution is 2.45. The molecule has 2 fully saturated rings. The van der Waals surface area contributed by atoms with Gasteiger partial charge in [0.05, 0.1) is 82.3 Å². The number of Topliss-reactive ketones (excluding diaryl/α,β-unsaturated/α-hetero) is 2. The van der Waals surface area contributed by atoms with Gasteiger partial charge in [0, 0.05) is 74.6 Å². The zero-order valence-corrected chi connectivity index (χ0v) is 48.8. The van der Waals surface area contributed by atoms with E-state index in [1.807, 2.05) is 38.1 Å². The lowest BCUT2D eigenvalue weighted by Crippen LogP contribution is -2.46. The van der Waals surface area contributed by atoms with Gasteiger partial charge < -0.3 is 58.0 Å². The first kappa shape index (κ1) is 62.5. The number of carbonyl (C=O) groups is 2. The van der Waals surface area contributed by atoms with Gasteiger partial charge in [-0.15, -0.1) is 0 Å². The lowest BCUT2D eigenvalue weighted by atomic mass is 9.84. The van der Waals surface area contributed by atoms with Crippen LogP contribution in [0.25, 0.3) is 0 Å². The van der Waals surface area contributed by atoms with E-state index in [1.54, 1.807) is 50.0 Å². The Labute approximate surface area is 473 Å². The molecule has 438 valence electrons. The number of amidine groups is 2. The van der Waals surface area contributed by atoms with E-state index in [9.17, 15) is 14.7 Å². The highest BCUT2D eigenvalue weighted by molar-refractivity contribution is 6.07. The number of piperazine rings is 1. The van der Waals surface area contributed by atoms with E-state index in [0.717, 1.165) is 66.7 Å². The number of hydrogen-bond donors (Lipinski definition) is 3. The summed E-state index contributed by atoms with van der Waals surface area (Å²) < 4.78 is 65.1. The monoisotopic (exact) mass is 1110 g/mol. The van der Waals surface area contributed by atoms with Crippen LogP contribution in [-0.2, 0) is 23.9 Å². The van der Waals surface area contributed by atoms with Crippen molar-refractivity contribution in [1.29, 1.82) is 10.8 Å². The summed E-state index contributed by atoms with van der Waals surface area (Å²) in [6.45, 7) is 29.4. The number of carbonyl (C=O) groups excluding carboxylic acids is 2. The average molecular weight is 1110 g/mol.